The SMILES string of the molecule is CCS(=O)(=O)c1ccccc1-c1nc2cc(C)ccc2n1C. The molecule has 3 aromatic rings. The van der Waals surface area contributed by atoms with Gasteiger partial charge in [0.25, 0.3) is 0 Å². The van der Waals surface area contributed by atoms with Crippen LogP contribution in [0.25, 0.3) is 22.4 Å². The number of aromatic nitrogens is 2. The minimum atomic E-state index is -3.29. The molecule has 114 valence electrons. The first-order valence-electron chi connectivity index (χ1n) is 7.19. The fourth-order valence-electron chi connectivity index (χ4n) is 2.63. The maximum Gasteiger partial charge on any atom is 0.178 e. The molecule has 0 aliphatic carbocycles. The van der Waals surface area contributed by atoms with Gasteiger partial charge in [-0.25, -0.2) is 13.4 Å². The summed E-state index contributed by atoms with van der Waals surface area (Å²) in [5.74, 6) is 0.751. The molecule has 0 amide bonds. The summed E-state index contributed by atoms with van der Waals surface area (Å²) in [7, 11) is -1.38. The number of fused-ring (bicyclic) bond motifs is 1. The van der Waals surface area contributed by atoms with Gasteiger partial charge in [0.15, 0.2) is 9.84 Å². The fraction of sp³-hybridized carbons (Fsp3) is 0.235. The summed E-state index contributed by atoms with van der Waals surface area (Å²) in [6.45, 7) is 3.67. The molecule has 0 aliphatic rings. The average Bonchev–Trinajstić information content (AvgIpc) is 2.83. The van der Waals surface area contributed by atoms with Crippen molar-refractivity contribution >= 4 is 20.9 Å². The van der Waals surface area contributed by atoms with Gasteiger partial charge in [0.2, 0.25) is 0 Å². The molecule has 1 aromatic heterocycles. The quantitative estimate of drug-likeness (QED) is 0.745. The lowest BCUT2D eigenvalue weighted by Gasteiger charge is -2.09. The maximum atomic E-state index is 12.3. The number of nitrogens with zero attached hydrogens (tertiary/aromatic N) is 2. The number of benzene rings is 2. The van der Waals surface area contributed by atoms with Crippen molar-refractivity contribution in [1.29, 1.82) is 0 Å². The van der Waals surface area contributed by atoms with Crippen LogP contribution in [0.15, 0.2) is 47.4 Å². The molecule has 1 heterocycles. The van der Waals surface area contributed by atoms with Crippen LogP contribution in [0.1, 0.15) is 12.5 Å². The molecule has 4 nitrogen and oxygen atoms in total. The lowest BCUT2D eigenvalue weighted by Crippen LogP contribution is -2.07. The van der Waals surface area contributed by atoms with Gasteiger partial charge in [-0.2, -0.15) is 0 Å². The van der Waals surface area contributed by atoms with Gasteiger partial charge in [0, 0.05) is 12.6 Å². The third kappa shape index (κ3) is 2.31. The molecule has 0 fully saturated rings. The molecule has 0 aliphatic heterocycles. The third-order valence-corrected chi connectivity index (χ3v) is 5.67. The largest absolute Gasteiger partial charge is 0.327 e. The van der Waals surface area contributed by atoms with E-state index in [4.69, 9.17) is 0 Å². The van der Waals surface area contributed by atoms with Crippen LogP contribution >= 0.6 is 0 Å². The number of imidazole rings is 1. The Morgan fingerprint density at radius 2 is 1.86 bits per heavy atom. The van der Waals surface area contributed by atoms with E-state index in [1.807, 2.05) is 48.9 Å². The Labute approximate surface area is 130 Å². The van der Waals surface area contributed by atoms with Crippen molar-refractivity contribution in [2.24, 2.45) is 7.05 Å². The van der Waals surface area contributed by atoms with E-state index >= 15 is 0 Å². The molecule has 22 heavy (non-hydrogen) atoms. The van der Waals surface area contributed by atoms with Gasteiger partial charge in [-0.3, -0.25) is 0 Å². The van der Waals surface area contributed by atoms with Crippen molar-refractivity contribution in [2.75, 3.05) is 5.75 Å². The molecule has 0 saturated carbocycles. The van der Waals surface area contributed by atoms with Crippen LogP contribution in [0.5, 0.6) is 0 Å². The first-order chi connectivity index (χ1) is 10.4. The van der Waals surface area contributed by atoms with Crippen molar-refractivity contribution in [3.63, 3.8) is 0 Å². The first-order valence-corrected chi connectivity index (χ1v) is 8.84. The molecule has 0 atom stereocenters. The second kappa shape index (κ2) is 5.25. The van der Waals surface area contributed by atoms with Crippen LogP contribution in [0.2, 0.25) is 0 Å². The average molecular weight is 314 g/mol. The van der Waals surface area contributed by atoms with Crippen LogP contribution in [-0.2, 0) is 16.9 Å². The van der Waals surface area contributed by atoms with Crippen molar-refractivity contribution in [2.45, 2.75) is 18.7 Å². The first kappa shape index (κ1) is 14.8. The summed E-state index contributed by atoms with van der Waals surface area (Å²) in [4.78, 5) is 4.99. The second-order valence-electron chi connectivity index (χ2n) is 5.39. The summed E-state index contributed by atoms with van der Waals surface area (Å²) in [6.07, 6.45) is 0. The van der Waals surface area contributed by atoms with Crippen molar-refractivity contribution in [1.82, 2.24) is 9.55 Å². The Morgan fingerprint density at radius 1 is 1.14 bits per heavy atom. The fourth-order valence-corrected chi connectivity index (χ4v) is 3.72. The summed E-state index contributed by atoms with van der Waals surface area (Å²) in [5, 5.41) is 0. The topological polar surface area (TPSA) is 52.0 Å². The van der Waals surface area contributed by atoms with Gasteiger partial charge >= 0.3 is 0 Å². The van der Waals surface area contributed by atoms with Crippen molar-refractivity contribution < 1.29 is 8.42 Å². The molecule has 3 rings (SSSR count). The van der Waals surface area contributed by atoms with Crippen LogP contribution < -0.4 is 0 Å². The van der Waals surface area contributed by atoms with Crippen molar-refractivity contribution in [3.8, 4) is 11.4 Å². The molecule has 0 saturated heterocycles. The van der Waals surface area contributed by atoms with E-state index in [2.05, 4.69) is 4.98 Å². The Morgan fingerprint density at radius 3 is 2.59 bits per heavy atom. The zero-order valence-corrected chi connectivity index (χ0v) is 13.7. The maximum absolute atomic E-state index is 12.3. The Hall–Kier alpha value is -2.14. The van der Waals surface area contributed by atoms with Crippen LogP contribution in [-0.4, -0.2) is 23.7 Å². The van der Waals surface area contributed by atoms with E-state index in [-0.39, 0.29) is 5.75 Å². The predicted molar refractivity (Wildman–Crippen MR) is 88.6 cm³/mol. The lowest BCUT2D eigenvalue weighted by atomic mass is 10.2. The third-order valence-electron chi connectivity index (χ3n) is 3.88. The Balaban J connectivity index is 2.31. The van der Waals surface area contributed by atoms with Crippen LogP contribution in [0.3, 0.4) is 0 Å². The molecule has 5 heteroatoms. The van der Waals surface area contributed by atoms with Crippen molar-refractivity contribution in [3.05, 3.63) is 48.0 Å². The highest BCUT2D eigenvalue weighted by Gasteiger charge is 2.20. The van der Waals surface area contributed by atoms with Crippen LogP contribution in [0, 0.1) is 6.92 Å². The molecule has 0 bridgehead atoms. The van der Waals surface area contributed by atoms with E-state index in [9.17, 15) is 8.42 Å². The molecule has 0 radical (unpaired) electrons. The smallest absolute Gasteiger partial charge is 0.178 e. The molecule has 2 aromatic carbocycles. The molecular weight excluding hydrogens is 296 g/mol. The highest BCUT2D eigenvalue weighted by atomic mass is 32.2. The summed E-state index contributed by atoms with van der Waals surface area (Å²) >= 11 is 0. The molecule has 0 spiro atoms. The van der Waals surface area contributed by atoms with Gasteiger partial charge in [-0.15, -0.1) is 0 Å². The zero-order valence-electron chi connectivity index (χ0n) is 12.9. The number of rotatable bonds is 3. The number of hydrogen-bond donors (Lipinski definition) is 0. The second-order valence-corrected chi connectivity index (χ2v) is 7.63. The van der Waals surface area contributed by atoms with Gasteiger partial charge < -0.3 is 4.57 Å². The summed E-state index contributed by atoms with van der Waals surface area (Å²) < 4.78 is 26.6. The highest BCUT2D eigenvalue weighted by Crippen LogP contribution is 2.29. The zero-order chi connectivity index (χ0) is 15.9. The van der Waals surface area contributed by atoms with E-state index < -0.39 is 9.84 Å². The molecule has 0 N–H and O–H groups in total. The number of hydrogen-bond acceptors (Lipinski definition) is 3. The lowest BCUT2D eigenvalue weighted by molar-refractivity contribution is 0.597. The van der Waals surface area contributed by atoms with E-state index in [1.54, 1.807) is 19.1 Å². The number of sulfone groups is 1. The van der Waals surface area contributed by atoms with E-state index in [1.165, 1.54) is 0 Å². The molecule has 0 unspecified atom stereocenters. The van der Waals surface area contributed by atoms with Gasteiger partial charge in [-0.05, 0) is 36.8 Å². The number of aryl methyl sites for hydroxylation is 2. The minimum Gasteiger partial charge on any atom is -0.327 e. The highest BCUT2D eigenvalue weighted by molar-refractivity contribution is 7.91. The predicted octanol–water partition coefficient (Wildman–Crippen LogP) is 3.34. The van der Waals surface area contributed by atoms with Gasteiger partial charge in [0.1, 0.15) is 5.82 Å². The van der Waals surface area contributed by atoms with Gasteiger partial charge in [0.05, 0.1) is 21.7 Å². The Bertz CT molecular complexity index is 956. The normalized spacial score (nSPS) is 12.0. The minimum absolute atomic E-state index is 0.0765. The van der Waals surface area contributed by atoms with Crippen LogP contribution in [0.4, 0.5) is 0 Å². The standard InChI is InChI=1S/C17H18N2O2S/c1-4-22(20,21)16-8-6-5-7-13(16)17-18-14-11-12(2)9-10-15(14)19(17)3/h5-11H,4H2,1-3H3. The van der Waals surface area contributed by atoms with Gasteiger partial charge in [-0.1, -0.05) is 25.1 Å². The van der Waals surface area contributed by atoms with E-state index in [0.717, 1.165) is 16.6 Å². The molecular formula is C17H18N2O2S. The summed E-state index contributed by atoms with van der Waals surface area (Å²) in [5.41, 5.74) is 3.65. The van der Waals surface area contributed by atoms with E-state index in [0.29, 0.717) is 16.3 Å². The Kier molecular flexibility index (Phi) is 3.53. The summed E-state index contributed by atoms with van der Waals surface area (Å²) in [6, 6.07) is 13.1. The monoisotopic (exact) mass is 314 g/mol.